The molecule has 0 heterocycles. The average molecular weight is 256 g/mol. The number of hydrogen-bond acceptors (Lipinski definition) is 2. The summed E-state index contributed by atoms with van der Waals surface area (Å²) in [4.78, 5) is 13.7. The molecule has 17 heavy (non-hydrogen) atoms. The molecule has 0 aliphatic heterocycles. The SMILES string of the molecule is CCC(C)CN(C)C(=O)c1cc(Cl)ccc1O. The standard InChI is InChI=1S/C13H18ClNO2/c1-4-9(2)8-15(3)13(17)11-7-10(14)5-6-12(11)16/h5-7,9,16H,4,8H2,1-3H3. The third-order valence-electron chi connectivity index (χ3n) is 2.82. The number of amides is 1. The van der Waals surface area contributed by atoms with Gasteiger partial charge in [-0.05, 0) is 24.1 Å². The Morgan fingerprint density at radius 2 is 2.18 bits per heavy atom. The molecule has 94 valence electrons. The highest BCUT2D eigenvalue weighted by molar-refractivity contribution is 6.31. The van der Waals surface area contributed by atoms with Crippen molar-refractivity contribution in [1.82, 2.24) is 4.90 Å². The molecule has 1 aromatic carbocycles. The van der Waals surface area contributed by atoms with E-state index in [0.717, 1.165) is 6.42 Å². The van der Waals surface area contributed by atoms with Crippen LogP contribution in [0.15, 0.2) is 18.2 Å². The van der Waals surface area contributed by atoms with Crippen molar-refractivity contribution in [3.8, 4) is 5.75 Å². The van der Waals surface area contributed by atoms with Crippen molar-refractivity contribution in [2.45, 2.75) is 20.3 Å². The number of carbonyl (C=O) groups excluding carboxylic acids is 1. The molecule has 0 aliphatic rings. The number of aromatic hydroxyl groups is 1. The van der Waals surface area contributed by atoms with Gasteiger partial charge in [-0.15, -0.1) is 0 Å². The summed E-state index contributed by atoms with van der Waals surface area (Å²) in [5, 5.41) is 10.1. The van der Waals surface area contributed by atoms with Crippen LogP contribution in [-0.4, -0.2) is 29.5 Å². The van der Waals surface area contributed by atoms with E-state index in [4.69, 9.17) is 11.6 Å². The van der Waals surface area contributed by atoms with Crippen LogP contribution in [0.3, 0.4) is 0 Å². The smallest absolute Gasteiger partial charge is 0.257 e. The van der Waals surface area contributed by atoms with E-state index in [2.05, 4.69) is 13.8 Å². The quantitative estimate of drug-likeness (QED) is 0.898. The van der Waals surface area contributed by atoms with Gasteiger partial charge < -0.3 is 10.0 Å². The second kappa shape index (κ2) is 5.92. The van der Waals surface area contributed by atoms with Gasteiger partial charge >= 0.3 is 0 Å². The molecule has 1 unspecified atom stereocenters. The monoisotopic (exact) mass is 255 g/mol. The Morgan fingerprint density at radius 1 is 1.53 bits per heavy atom. The molecule has 0 bridgehead atoms. The first-order valence-electron chi connectivity index (χ1n) is 5.69. The molecular weight excluding hydrogens is 238 g/mol. The van der Waals surface area contributed by atoms with E-state index >= 15 is 0 Å². The van der Waals surface area contributed by atoms with E-state index in [9.17, 15) is 9.90 Å². The van der Waals surface area contributed by atoms with Crippen molar-refractivity contribution in [2.75, 3.05) is 13.6 Å². The van der Waals surface area contributed by atoms with E-state index in [1.165, 1.54) is 12.1 Å². The van der Waals surface area contributed by atoms with Gasteiger partial charge in [0.25, 0.3) is 5.91 Å². The average Bonchev–Trinajstić information content (AvgIpc) is 2.31. The van der Waals surface area contributed by atoms with Crippen LogP contribution in [-0.2, 0) is 0 Å². The van der Waals surface area contributed by atoms with Crippen molar-refractivity contribution in [3.05, 3.63) is 28.8 Å². The molecular formula is C13H18ClNO2. The van der Waals surface area contributed by atoms with Gasteiger partial charge in [0.05, 0.1) is 5.56 Å². The van der Waals surface area contributed by atoms with Crippen molar-refractivity contribution >= 4 is 17.5 Å². The van der Waals surface area contributed by atoms with Crippen LogP contribution >= 0.6 is 11.6 Å². The number of phenols is 1. The van der Waals surface area contributed by atoms with Gasteiger partial charge in [0, 0.05) is 18.6 Å². The van der Waals surface area contributed by atoms with Crippen LogP contribution in [0.4, 0.5) is 0 Å². The van der Waals surface area contributed by atoms with E-state index < -0.39 is 0 Å². The zero-order chi connectivity index (χ0) is 13.0. The molecule has 0 aliphatic carbocycles. The first kappa shape index (κ1) is 13.8. The summed E-state index contributed by atoms with van der Waals surface area (Å²) in [5.74, 6) is 0.200. The number of phenolic OH excluding ortho intramolecular Hbond substituents is 1. The van der Waals surface area contributed by atoms with Crippen molar-refractivity contribution in [1.29, 1.82) is 0 Å². The largest absolute Gasteiger partial charge is 0.507 e. The van der Waals surface area contributed by atoms with Crippen molar-refractivity contribution < 1.29 is 9.90 Å². The summed E-state index contributed by atoms with van der Waals surface area (Å²) in [6.45, 7) is 4.84. The number of nitrogens with zero attached hydrogens (tertiary/aromatic N) is 1. The highest BCUT2D eigenvalue weighted by Crippen LogP contribution is 2.23. The van der Waals surface area contributed by atoms with Crippen LogP contribution in [0.25, 0.3) is 0 Å². The zero-order valence-electron chi connectivity index (χ0n) is 10.4. The Kier molecular flexibility index (Phi) is 4.82. The van der Waals surface area contributed by atoms with Crippen LogP contribution in [0.5, 0.6) is 5.75 Å². The third-order valence-corrected chi connectivity index (χ3v) is 3.05. The normalized spacial score (nSPS) is 12.2. The van der Waals surface area contributed by atoms with E-state index in [1.54, 1.807) is 18.0 Å². The summed E-state index contributed by atoms with van der Waals surface area (Å²) < 4.78 is 0. The lowest BCUT2D eigenvalue weighted by atomic mass is 10.1. The summed E-state index contributed by atoms with van der Waals surface area (Å²) in [6.07, 6.45) is 1.01. The highest BCUT2D eigenvalue weighted by atomic mass is 35.5. The fourth-order valence-electron chi connectivity index (χ4n) is 1.56. The molecule has 1 N–H and O–H groups in total. The Morgan fingerprint density at radius 3 is 2.76 bits per heavy atom. The van der Waals surface area contributed by atoms with Gasteiger partial charge in [-0.1, -0.05) is 31.9 Å². The lowest BCUT2D eigenvalue weighted by Gasteiger charge is -2.21. The molecule has 0 saturated heterocycles. The second-order valence-electron chi connectivity index (χ2n) is 4.36. The molecule has 0 fully saturated rings. The van der Waals surface area contributed by atoms with Crippen LogP contribution in [0.1, 0.15) is 30.6 Å². The maximum atomic E-state index is 12.1. The molecule has 1 atom stereocenters. The van der Waals surface area contributed by atoms with E-state index in [-0.39, 0.29) is 17.2 Å². The molecule has 1 amide bonds. The van der Waals surface area contributed by atoms with Crippen LogP contribution < -0.4 is 0 Å². The third kappa shape index (κ3) is 3.63. The molecule has 1 rings (SSSR count). The summed E-state index contributed by atoms with van der Waals surface area (Å²) in [7, 11) is 1.73. The van der Waals surface area contributed by atoms with Gasteiger partial charge in [-0.2, -0.15) is 0 Å². The molecule has 1 aromatic rings. The summed E-state index contributed by atoms with van der Waals surface area (Å²) >= 11 is 5.82. The molecule has 0 saturated carbocycles. The predicted octanol–water partition coefficient (Wildman–Crippen LogP) is 3.16. The molecule has 0 aromatic heterocycles. The van der Waals surface area contributed by atoms with Gasteiger partial charge in [-0.3, -0.25) is 4.79 Å². The Balaban J connectivity index is 2.85. The lowest BCUT2D eigenvalue weighted by molar-refractivity contribution is 0.0772. The minimum Gasteiger partial charge on any atom is -0.507 e. The fourth-order valence-corrected chi connectivity index (χ4v) is 1.74. The number of hydrogen-bond donors (Lipinski definition) is 1. The summed E-state index contributed by atoms with van der Waals surface area (Å²) in [6, 6.07) is 4.49. The van der Waals surface area contributed by atoms with E-state index in [1.807, 2.05) is 0 Å². The minimum absolute atomic E-state index is 0.0320. The number of halogens is 1. The Bertz CT molecular complexity index is 406. The maximum Gasteiger partial charge on any atom is 0.257 e. The Hall–Kier alpha value is -1.22. The maximum absolute atomic E-state index is 12.1. The first-order valence-corrected chi connectivity index (χ1v) is 6.07. The number of benzene rings is 1. The topological polar surface area (TPSA) is 40.5 Å². The van der Waals surface area contributed by atoms with Gasteiger partial charge in [0.1, 0.15) is 5.75 Å². The summed E-state index contributed by atoms with van der Waals surface area (Å²) in [5.41, 5.74) is 0.253. The van der Waals surface area contributed by atoms with Gasteiger partial charge in [0.15, 0.2) is 0 Å². The number of carbonyl (C=O) groups is 1. The predicted molar refractivity (Wildman–Crippen MR) is 69.5 cm³/mol. The molecule has 4 heteroatoms. The minimum atomic E-state index is -0.203. The van der Waals surface area contributed by atoms with Crippen LogP contribution in [0.2, 0.25) is 5.02 Å². The Labute approximate surface area is 107 Å². The molecule has 0 spiro atoms. The lowest BCUT2D eigenvalue weighted by Crippen LogP contribution is -2.30. The van der Waals surface area contributed by atoms with Gasteiger partial charge in [-0.25, -0.2) is 0 Å². The number of rotatable bonds is 4. The highest BCUT2D eigenvalue weighted by Gasteiger charge is 2.17. The first-order chi connectivity index (χ1) is 7.95. The zero-order valence-corrected chi connectivity index (χ0v) is 11.2. The van der Waals surface area contributed by atoms with Gasteiger partial charge in [0.2, 0.25) is 0 Å². The molecule has 0 radical (unpaired) electrons. The second-order valence-corrected chi connectivity index (χ2v) is 4.80. The van der Waals surface area contributed by atoms with E-state index in [0.29, 0.717) is 17.5 Å². The van der Waals surface area contributed by atoms with Crippen molar-refractivity contribution in [3.63, 3.8) is 0 Å². The fraction of sp³-hybridized carbons (Fsp3) is 0.462. The van der Waals surface area contributed by atoms with Crippen LogP contribution in [0, 0.1) is 5.92 Å². The van der Waals surface area contributed by atoms with Crippen molar-refractivity contribution in [2.24, 2.45) is 5.92 Å². The molecule has 3 nitrogen and oxygen atoms in total.